The quantitative estimate of drug-likeness (QED) is 0.352. The predicted octanol–water partition coefficient (Wildman–Crippen LogP) is 5.88. The van der Waals surface area contributed by atoms with Crippen LogP contribution in [0.3, 0.4) is 0 Å². The highest BCUT2D eigenvalue weighted by atomic mass is 32.2. The van der Waals surface area contributed by atoms with E-state index in [1.807, 2.05) is 19.1 Å². The van der Waals surface area contributed by atoms with Gasteiger partial charge in [-0.25, -0.2) is 18.2 Å². The fourth-order valence-electron chi connectivity index (χ4n) is 4.93. The summed E-state index contributed by atoms with van der Waals surface area (Å²) >= 11 is 0. The Kier molecular flexibility index (Phi) is 7.33. The van der Waals surface area contributed by atoms with Crippen LogP contribution < -0.4 is 4.72 Å². The molecule has 0 spiro atoms. The van der Waals surface area contributed by atoms with Crippen LogP contribution in [0.5, 0.6) is 0 Å². The second kappa shape index (κ2) is 10.1. The molecular weight excluding hydrogens is 516 g/mol. The molecule has 4 rings (SSSR count). The standard InChI is InChI=1S/C30H34N2O6S/c1-7-38-28(35)21-17-24(31-23-13-12-18(16-20(21)23)32-39(6,36)37)25-26(33)19-10-8-9-11-22(19)30(5,27(25)34)15-14-29(2,3)4/h8-13,16-17,32-33H,7,14-15H2,1-6H3/t30-/m1/s1. The zero-order chi connectivity index (χ0) is 28.8. The molecule has 8 nitrogen and oxygen atoms in total. The monoisotopic (exact) mass is 550 g/mol. The van der Waals surface area contributed by atoms with Crippen molar-refractivity contribution in [3.63, 3.8) is 0 Å². The van der Waals surface area contributed by atoms with E-state index >= 15 is 0 Å². The number of carbonyl (C=O) groups is 2. The molecule has 1 heterocycles. The Morgan fingerprint density at radius 2 is 1.82 bits per heavy atom. The van der Waals surface area contributed by atoms with E-state index in [1.165, 1.54) is 18.2 Å². The third kappa shape index (κ3) is 5.68. The number of aliphatic hydroxyl groups excluding tert-OH is 1. The number of nitrogens with zero attached hydrogens (tertiary/aromatic N) is 1. The van der Waals surface area contributed by atoms with E-state index in [0.29, 0.717) is 22.9 Å². The number of carbonyl (C=O) groups excluding carboxylic acids is 2. The Labute approximate surface area is 229 Å². The maximum Gasteiger partial charge on any atom is 0.338 e. The van der Waals surface area contributed by atoms with Crippen molar-refractivity contribution in [2.24, 2.45) is 5.41 Å². The molecule has 1 atom stereocenters. The van der Waals surface area contributed by atoms with Crippen LogP contribution in [0, 0.1) is 5.41 Å². The number of ether oxygens (including phenoxy) is 1. The number of anilines is 1. The molecule has 0 unspecified atom stereocenters. The summed E-state index contributed by atoms with van der Waals surface area (Å²) in [5.74, 6) is -1.12. The summed E-state index contributed by atoms with van der Waals surface area (Å²) < 4.78 is 31.2. The fourth-order valence-corrected chi connectivity index (χ4v) is 5.49. The first kappa shape index (κ1) is 28.3. The van der Waals surface area contributed by atoms with Crippen LogP contribution in [0.4, 0.5) is 5.69 Å². The Morgan fingerprint density at radius 3 is 2.46 bits per heavy atom. The number of esters is 1. The Balaban J connectivity index is 1.96. The van der Waals surface area contributed by atoms with Crippen LogP contribution in [0.2, 0.25) is 0 Å². The number of aromatic nitrogens is 1. The van der Waals surface area contributed by atoms with Crippen LogP contribution in [-0.4, -0.2) is 43.1 Å². The molecule has 39 heavy (non-hydrogen) atoms. The molecule has 0 fully saturated rings. The number of Topliss-reactive ketones (excluding diaryl/α,β-unsaturated/α-hetero) is 1. The highest BCUT2D eigenvalue weighted by Crippen LogP contribution is 2.46. The summed E-state index contributed by atoms with van der Waals surface area (Å²) in [6.07, 6.45) is 2.36. The molecule has 1 aliphatic carbocycles. The summed E-state index contributed by atoms with van der Waals surface area (Å²) in [4.78, 5) is 31.9. The van der Waals surface area contributed by atoms with Crippen molar-refractivity contribution in [1.29, 1.82) is 0 Å². The average molecular weight is 551 g/mol. The van der Waals surface area contributed by atoms with Gasteiger partial charge in [-0.15, -0.1) is 0 Å². The minimum Gasteiger partial charge on any atom is -0.506 e. The third-order valence-corrected chi connectivity index (χ3v) is 7.59. The van der Waals surface area contributed by atoms with Gasteiger partial charge in [-0.05, 0) is 61.9 Å². The molecule has 9 heteroatoms. The van der Waals surface area contributed by atoms with Gasteiger partial charge in [0.05, 0.1) is 40.6 Å². The van der Waals surface area contributed by atoms with Gasteiger partial charge in [0.15, 0.2) is 5.78 Å². The molecular formula is C30H34N2O6S. The number of hydrogen-bond donors (Lipinski definition) is 2. The molecule has 2 N–H and O–H groups in total. The normalized spacial score (nSPS) is 17.7. The third-order valence-electron chi connectivity index (χ3n) is 6.98. The van der Waals surface area contributed by atoms with Crippen molar-refractivity contribution in [1.82, 2.24) is 4.98 Å². The van der Waals surface area contributed by atoms with E-state index in [0.717, 1.165) is 18.2 Å². The molecule has 0 radical (unpaired) electrons. The maximum atomic E-state index is 14.2. The second-order valence-electron chi connectivity index (χ2n) is 11.4. The largest absolute Gasteiger partial charge is 0.506 e. The molecule has 2 aromatic carbocycles. The van der Waals surface area contributed by atoms with Gasteiger partial charge in [0.1, 0.15) is 5.76 Å². The van der Waals surface area contributed by atoms with Crippen molar-refractivity contribution >= 4 is 49.7 Å². The van der Waals surface area contributed by atoms with E-state index in [9.17, 15) is 23.1 Å². The molecule has 0 bridgehead atoms. The molecule has 0 saturated carbocycles. The first-order valence-electron chi connectivity index (χ1n) is 12.8. The van der Waals surface area contributed by atoms with E-state index in [1.54, 1.807) is 25.1 Å². The lowest BCUT2D eigenvalue weighted by Crippen LogP contribution is -2.38. The second-order valence-corrected chi connectivity index (χ2v) is 13.1. The van der Waals surface area contributed by atoms with Crippen molar-refractivity contribution in [2.75, 3.05) is 17.6 Å². The van der Waals surface area contributed by atoms with Gasteiger partial charge in [0, 0.05) is 16.6 Å². The number of hydrogen-bond acceptors (Lipinski definition) is 7. The lowest BCUT2D eigenvalue weighted by atomic mass is 9.65. The van der Waals surface area contributed by atoms with Crippen molar-refractivity contribution < 1.29 is 27.9 Å². The Hall–Kier alpha value is -3.72. The molecule has 206 valence electrons. The van der Waals surface area contributed by atoms with Gasteiger partial charge < -0.3 is 9.84 Å². The van der Waals surface area contributed by atoms with E-state index in [-0.39, 0.29) is 46.1 Å². The molecule has 0 aliphatic heterocycles. The number of allylic oxidation sites excluding steroid dienone is 1. The number of sulfonamides is 1. The van der Waals surface area contributed by atoms with E-state index in [4.69, 9.17) is 4.74 Å². The zero-order valence-electron chi connectivity index (χ0n) is 23.1. The highest BCUT2D eigenvalue weighted by Gasteiger charge is 2.45. The molecule has 0 saturated heterocycles. The number of fused-ring (bicyclic) bond motifs is 2. The summed E-state index contributed by atoms with van der Waals surface area (Å²) in [5.41, 5.74) is 1.26. The smallest absolute Gasteiger partial charge is 0.338 e. The number of aliphatic hydroxyl groups is 1. The van der Waals surface area contributed by atoms with Crippen LogP contribution in [0.25, 0.3) is 22.2 Å². The Bertz CT molecular complexity index is 1620. The van der Waals surface area contributed by atoms with Crippen molar-refractivity contribution in [3.05, 3.63) is 70.9 Å². The topological polar surface area (TPSA) is 123 Å². The molecule has 3 aromatic rings. The number of rotatable bonds is 7. The summed E-state index contributed by atoms with van der Waals surface area (Å²) in [6, 6.07) is 13.3. The van der Waals surface area contributed by atoms with Gasteiger partial charge in [0.2, 0.25) is 10.0 Å². The summed E-state index contributed by atoms with van der Waals surface area (Å²) in [7, 11) is -3.56. The average Bonchev–Trinajstić information content (AvgIpc) is 2.85. The predicted molar refractivity (Wildman–Crippen MR) is 153 cm³/mol. The van der Waals surface area contributed by atoms with Crippen LogP contribution in [-0.2, 0) is 25.0 Å². The van der Waals surface area contributed by atoms with Gasteiger partial charge in [0.25, 0.3) is 0 Å². The van der Waals surface area contributed by atoms with Gasteiger partial charge >= 0.3 is 5.97 Å². The van der Waals surface area contributed by atoms with Crippen molar-refractivity contribution in [3.8, 4) is 0 Å². The minimum absolute atomic E-state index is 0.0163. The van der Waals surface area contributed by atoms with Crippen LogP contribution in [0.15, 0.2) is 48.5 Å². The van der Waals surface area contributed by atoms with Crippen molar-refractivity contribution in [2.45, 2.75) is 52.9 Å². The zero-order valence-corrected chi connectivity index (χ0v) is 23.9. The first-order valence-corrected chi connectivity index (χ1v) is 14.7. The molecule has 0 amide bonds. The van der Waals surface area contributed by atoms with E-state index < -0.39 is 21.4 Å². The van der Waals surface area contributed by atoms with Gasteiger partial charge in [-0.1, -0.05) is 45.0 Å². The number of nitrogens with one attached hydrogen (secondary N) is 1. The van der Waals surface area contributed by atoms with E-state index in [2.05, 4.69) is 30.5 Å². The summed E-state index contributed by atoms with van der Waals surface area (Å²) in [5, 5.41) is 11.8. The lowest BCUT2D eigenvalue weighted by molar-refractivity contribution is -0.119. The fraction of sp³-hybridized carbons (Fsp3) is 0.367. The molecule has 1 aliphatic rings. The van der Waals surface area contributed by atoms with Gasteiger partial charge in [-0.2, -0.15) is 0 Å². The lowest BCUT2D eigenvalue weighted by Gasteiger charge is -2.37. The SMILES string of the molecule is CCOC(=O)c1cc(C2=C(O)c3ccccc3[C@@](C)(CCC(C)(C)C)C2=O)nc2ccc(NS(C)(=O)=O)cc12. The van der Waals surface area contributed by atoms with Gasteiger partial charge in [-0.3, -0.25) is 9.52 Å². The van der Waals surface area contributed by atoms with Crippen LogP contribution >= 0.6 is 0 Å². The number of ketones is 1. The Morgan fingerprint density at radius 1 is 1.13 bits per heavy atom. The number of benzene rings is 2. The highest BCUT2D eigenvalue weighted by molar-refractivity contribution is 7.92. The molecule has 1 aromatic heterocycles. The van der Waals surface area contributed by atoms with Crippen LogP contribution in [0.1, 0.15) is 74.6 Å². The minimum atomic E-state index is -3.56. The number of pyridine rings is 1. The maximum absolute atomic E-state index is 14.2. The first-order chi connectivity index (χ1) is 18.1. The summed E-state index contributed by atoms with van der Waals surface area (Å²) in [6.45, 7) is 10.0.